The number of carbonyl (C=O) groups excluding carboxylic acids is 1. The van der Waals surface area contributed by atoms with Gasteiger partial charge in [0.2, 0.25) is 5.91 Å². The molecule has 1 aliphatic rings. The van der Waals surface area contributed by atoms with Crippen molar-refractivity contribution in [2.75, 3.05) is 6.54 Å². The number of thiocarbonyl (C=S) groups is 1. The van der Waals surface area contributed by atoms with Crippen LogP contribution in [0.4, 0.5) is 0 Å². The van der Waals surface area contributed by atoms with E-state index in [1.807, 2.05) is 19.2 Å². The molecular weight excluding hydrogens is 278 g/mol. The van der Waals surface area contributed by atoms with Gasteiger partial charge in [0, 0.05) is 24.3 Å². The molecule has 1 atom stereocenters. The average molecular weight is 291 g/mol. The molecule has 0 radical (unpaired) electrons. The molecule has 6 heteroatoms. The van der Waals surface area contributed by atoms with Gasteiger partial charge in [-0.15, -0.1) is 0 Å². The summed E-state index contributed by atoms with van der Waals surface area (Å²) in [7, 11) is 0. The first-order valence-electron chi connectivity index (χ1n) is 6.12. The van der Waals surface area contributed by atoms with Crippen LogP contribution in [-0.2, 0) is 11.2 Å². The topological polar surface area (TPSA) is 49.0 Å². The summed E-state index contributed by atoms with van der Waals surface area (Å²) in [5, 5.41) is 1.03. The molecule has 1 N–H and O–H groups in total. The van der Waals surface area contributed by atoms with E-state index in [9.17, 15) is 4.79 Å². The lowest BCUT2D eigenvalue weighted by molar-refractivity contribution is -0.125. The van der Waals surface area contributed by atoms with Crippen molar-refractivity contribution in [1.29, 1.82) is 0 Å². The van der Waals surface area contributed by atoms with Gasteiger partial charge in [0.15, 0.2) is 0 Å². The summed E-state index contributed by atoms with van der Waals surface area (Å²) in [6.07, 6.45) is 6.22. The lowest BCUT2D eigenvalue weighted by Gasteiger charge is -2.11. The fourth-order valence-electron chi connectivity index (χ4n) is 2.31. The van der Waals surface area contributed by atoms with Crippen LogP contribution in [0, 0.1) is 0 Å². The molecule has 98 valence electrons. The van der Waals surface area contributed by atoms with Gasteiger partial charge in [0.1, 0.15) is 4.32 Å². The standard InChI is InChI=1S/C13H13N3OS2/c1-2-16-12(17)11(19-13(16)18)5-8-6-15-10-7-14-4-3-9(8)10/h3-4,6-7,11,15H,2,5H2,1H3. The smallest absolute Gasteiger partial charge is 0.241 e. The normalized spacial score (nSPS) is 19.6. The molecule has 19 heavy (non-hydrogen) atoms. The monoisotopic (exact) mass is 291 g/mol. The summed E-state index contributed by atoms with van der Waals surface area (Å²) in [5.74, 6) is 0.126. The fraction of sp³-hybridized carbons (Fsp3) is 0.308. The zero-order chi connectivity index (χ0) is 13.4. The van der Waals surface area contributed by atoms with Gasteiger partial charge < -0.3 is 4.98 Å². The highest BCUT2D eigenvalue weighted by Crippen LogP contribution is 2.31. The summed E-state index contributed by atoms with van der Waals surface area (Å²) in [5.41, 5.74) is 2.15. The first-order chi connectivity index (χ1) is 9.20. The maximum atomic E-state index is 12.2. The van der Waals surface area contributed by atoms with Gasteiger partial charge >= 0.3 is 0 Å². The molecule has 2 aromatic rings. The van der Waals surface area contributed by atoms with Crippen LogP contribution >= 0.6 is 24.0 Å². The molecule has 0 aromatic carbocycles. The second-order valence-corrected chi connectivity index (χ2v) is 6.23. The summed E-state index contributed by atoms with van der Waals surface area (Å²) in [6, 6.07) is 1.97. The molecule has 0 spiro atoms. The Morgan fingerprint density at radius 2 is 2.42 bits per heavy atom. The molecule has 3 heterocycles. The van der Waals surface area contributed by atoms with Gasteiger partial charge in [-0.1, -0.05) is 24.0 Å². The van der Waals surface area contributed by atoms with Crippen molar-refractivity contribution >= 4 is 45.1 Å². The van der Waals surface area contributed by atoms with Gasteiger partial charge in [-0.25, -0.2) is 0 Å². The Bertz CT molecular complexity index is 652. The third-order valence-corrected chi connectivity index (χ3v) is 4.88. The number of hydrogen-bond donors (Lipinski definition) is 1. The Morgan fingerprint density at radius 1 is 1.58 bits per heavy atom. The zero-order valence-corrected chi connectivity index (χ0v) is 12.1. The van der Waals surface area contributed by atoms with E-state index in [2.05, 4.69) is 9.97 Å². The number of pyridine rings is 1. The highest BCUT2D eigenvalue weighted by atomic mass is 32.2. The minimum Gasteiger partial charge on any atom is -0.360 e. The van der Waals surface area contributed by atoms with Crippen LogP contribution in [0.1, 0.15) is 12.5 Å². The summed E-state index contributed by atoms with van der Waals surface area (Å²) < 4.78 is 0.694. The molecular formula is C13H13N3OS2. The van der Waals surface area contributed by atoms with E-state index in [-0.39, 0.29) is 11.2 Å². The molecule has 0 saturated carbocycles. The maximum Gasteiger partial charge on any atom is 0.241 e. The molecule has 0 aliphatic carbocycles. The number of thioether (sulfide) groups is 1. The summed E-state index contributed by atoms with van der Waals surface area (Å²) in [4.78, 5) is 21.1. The molecule has 0 bridgehead atoms. The number of rotatable bonds is 3. The number of H-pyrrole nitrogens is 1. The van der Waals surface area contributed by atoms with Gasteiger partial charge in [0.25, 0.3) is 0 Å². The second-order valence-electron chi connectivity index (χ2n) is 4.39. The van der Waals surface area contributed by atoms with Gasteiger partial charge in [-0.05, 0) is 25.0 Å². The first kappa shape index (κ1) is 12.6. The van der Waals surface area contributed by atoms with Crippen LogP contribution in [-0.4, -0.2) is 36.9 Å². The average Bonchev–Trinajstić information content (AvgIpc) is 2.93. The van der Waals surface area contributed by atoms with E-state index in [4.69, 9.17) is 12.2 Å². The highest BCUT2D eigenvalue weighted by molar-refractivity contribution is 8.24. The molecule has 4 nitrogen and oxygen atoms in total. The second kappa shape index (κ2) is 4.94. The van der Waals surface area contributed by atoms with E-state index in [0.717, 1.165) is 16.5 Å². The first-order valence-corrected chi connectivity index (χ1v) is 7.41. The van der Waals surface area contributed by atoms with Gasteiger partial charge in [0.05, 0.1) is 17.0 Å². The third-order valence-electron chi connectivity index (χ3n) is 3.30. The Balaban J connectivity index is 1.86. The molecule has 1 unspecified atom stereocenters. The number of amides is 1. The molecule has 3 rings (SSSR count). The number of carbonyl (C=O) groups is 1. The Hall–Kier alpha value is -1.40. The Morgan fingerprint density at radius 3 is 3.16 bits per heavy atom. The number of aromatic nitrogens is 2. The number of hydrogen-bond acceptors (Lipinski definition) is 4. The van der Waals surface area contributed by atoms with E-state index >= 15 is 0 Å². The van der Waals surface area contributed by atoms with E-state index in [0.29, 0.717) is 17.3 Å². The number of nitrogens with one attached hydrogen (secondary N) is 1. The minimum atomic E-state index is -0.0976. The largest absolute Gasteiger partial charge is 0.360 e. The number of aromatic amines is 1. The van der Waals surface area contributed by atoms with Crippen LogP contribution in [0.5, 0.6) is 0 Å². The van der Waals surface area contributed by atoms with Crippen molar-refractivity contribution < 1.29 is 4.79 Å². The van der Waals surface area contributed by atoms with Crippen molar-refractivity contribution in [1.82, 2.24) is 14.9 Å². The van der Waals surface area contributed by atoms with Crippen LogP contribution in [0.15, 0.2) is 24.7 Å². The van der Waals surface area contributed by atoms with Crippen LogP contribution in [0.3, 0.4) is 0 Å². The van der Waals surface area contributed by atoms with E-state index in [1.54, 1.807) is 17.3 Å². The predicted octanol–water partition coefficient (Wildman–Crippen LogP) is 2.35. The van der Waals surface area contributed by atoms with Crippen molar-refractivity contribution in [2.24, 2.45) is 0 Å². The Kier molecular flexibility index (Phi) is 3.28. The lowest BCUT2D eigenvalue weighted by Crippen LogP contribution is -2.31. The minimum absolute atomic E-state index is 0.0976. The van der Waals surface area contributed by atoms with Crippen molar-refractivity contribution in [3.63, 3.8) is 0 Å². The Labute approximate surface area is 120 Å². The quantitative estimate of drug-likeness (QED) is 0.882. The van der Waals surface area contributed by atoms with Crippen LogP contribution in [0.2, 0.25) is 0 Å². The van der Waals surface area contributed by atoms with Crippen molar-refractivity contribution in [3.8, 4) is 0 Å². The van der Waals surface area contributed by atoms with Crippen LogP contribution in [0.25, 0.3) is 10.9 Å². The molecule has 2 aromatic heterocycles. The number of fused-ring (bicyclic) bond motifs is 1. The van der Waals surface area contributed by atoms with Gasteiger partial charge in [-0.3, -0.25) is 14.7 Å². The van der Waals surface area contributed by atoms with Crippen molar-refractivity contribution in [3.05, 3.63) is 30.2 Å². The summed E-state index contributed by atoms with van der Waals surface area (Å²) in [6.45, 7) is 2.60. The van der Waals surface area contributed by atoms with Gasteiger partial charge in [-0.2, -0.15) is 0 Å². The highest BCUT2D eigenvalue weighted by Gasteiger charge is 2.36. The molecule has 1 saturated heterocycles. The lowest BCUT2D eigenvalue weighted by atomic mass is 10.1. The third kappa shape index (κ3) is 2.15. The molecule has 1 fully saturated rings. The van der Waals surface area contributed by atoms with Crippen LogP contribution < -0.4 is 0 Å². The van der Waals surface area contributed by atoms with E-state index in [1.165, 1.54) is 11.8 Å². The predicted molar refractivity (Wildman–Crippen MR) is 81.2 cm³/mol. The fourth-order valence-corrected chi connectivity index (χ4v) is 3.96. The maximum absolute atomic E-state index is 12.2. The zero-order valence-electron chi connectivity index (χ0n) is 10.4. The molecule has 1 amide bonds. The van der Waals surface area contributed by atoms with E-state index < -0.39 is 0 Å². The number of nitrogens with zero attached hydrogens (tertiary/aromatic N) is 2. The SMILES string of the molecule is CCN1C(=O)C(Cc2c[nH]c3cnccc23)SC1=S. The summed E-state index contributed by atoms with van der Waals surface area (Å²) >= 11 is 6.73. The van der Waals surface area contributed by atoms with Crippen molar-refractivity contribution in [2.45, 2.75) is 18.6 Å². The molecule has 1 aliphatic heterocycles.